The van der Waals surface area contributed by atoms with Crippen molar-refractivity contribution in [3.05, 3.63) is 94.0 Å². The summed E-state index contributed by atoms with van der Waals surface area (Å²) < 4.78 is 11.7. The number of aryl methyl sites for hydroxylation is 3. The van der Waals surface area contributed by atoms with Crippen LogP contribution in [-0.2, 0) is 11.2 Å². The van der Waals surface area contributed by atoms with Crippen LogP contribution in [0.25, 0.3) is 0 Å². The number of likely N-dealkylation sites (tertiary alicyclic amines) is 1. The van der Waals surface area contributed by atoms with Crippen LogP contribution in [0.5, 0.6) is 11.5 Å². The second-order valence-electron chi connectivity index (χ2n) is 11.1. The molecule has 1 aliphatic rings. The van der Waals surface area contributed by atoms with Crippen molar-refractivity contribution in [2.75, 3.05) is 13.1 Å². The van der Waals surface area contributed by atoms with Gasteiger partial charge >= 0.3 is 6.09 Å². The van der Waals surface area contributed by atoms with Crippen LogP contribution >= 0.6 is 11.6 Å². The lowest BCUT2D eigenvalue weighted by Crippen LogP contribution is -2.36. The maximum Gasteiger partial charge on any atom is 0.415 e. The van der Waals surface area contributed by atoms with Gasteiger partial charge in [0.25, 0.3) is 0 Å². The first-order valence-electron chi connectivity index (χ1n) is 13.6. The van der Waals surface area contributed by atoms with E-state index >= 15 is 0 Å². The molecule has 3 aromatic carbocycles. The lowest BCUT2D eigenvalue weighted by Gasteiger charge is -2.26. The number of nitrogens with zero attached hydrogens (tertiary/aromatic N) is 1. The van der Waals surface area contributed by atoms with Crippen molar-refractivity contribution in [1.82, 2.24) is 4.90 Å². The van der Waals surface area contributed by atoms with Crippen LogP contribution in [0.2, 0.25) is 5.02 Å². The Morgan fingerprint density at radius 1 is 0.950 bits per heavy atom. The van der Waals surface area contributed by atoms with Crippen LogP contribution in [0, 0.1) is 25.7 Å². The molecule has 0 aromatic heterocycles. The van der Waals surface area contributed by atoms with Crippen LogP contribution in [-0.4, -0.2) is 41.3 Å². The number of hydrogen-bond donors (Lipinski definition) is 0. The van der Waals surface area contributed by atoms with Crippen LogP contribution in [0.1, 0.15) is 54.2 Å². The summed E-state index contributed by atoms with van der Waals surface area (Å²) in [6.07, 6.45) is 0.995. The van der Waals surface area contributed by atoms with Gasteiger partial charge in [-0.2, -0.15) is 0 Å². The molecule has 0 saturated carbocycles. The Labute approximate surface area is 241 Å². The summed E-state index contributed by atoms with van der Waals surface area (Å²) in [6.45, 7) is 9.76. The average Bonchev–Trinajstić information content (AvgIpc) is 3.34. The van der Waals surface area contributed by atoms with Gasteiger partial charge in [-0.25, -0.2) is 4.79 Å². The summed E-state index contributed by atoms with van der Waals surface area (Å²) in [5.74, 6) is 0.751. The molecule has 3 aromatic rings. The summed E-state index contributed by atoms with van der Waals surface area (Å²) in [7, 11) is 0. The highest BCUT2D eigenvalue weighted by atomic mass is 35.5. The Hall–Kier alpha value is -3.64. The number of para-hydroxylation sites is 1. The van der Waals surface area contributed by atoms with Gasteiger partial charge in [0.05, 0.1) is 0 Å². The van der Waals surface area contributed by atoms with Crippen molar-refractivity contribution >= 4 is 29.3 Å². The van der Waals surface area contributed by atoms with E-state index in [0.29, 0.717) is 29.4 Å². The third-order valence-electron chi connectivity index (χ3n) is 7.64. The molecule has 2 unspecified atom stereocenters. The minimum absolute atomic E-state index is 0.000694. The number of carbonyl (C=O) groups is 3. The number of Topliss-reactive ketones (excluding diaryl/α,β-unsaturated/α-hetero) is 2. The van der Waals surface area contributed by atoms with Gasteiger partial charge in [0.15, 0.2) is 17.2 Å². The fourth-order valence-corrected chi connectivity index (χ4v) is 5.24. The molecule has 2 atom stereocenters. The van der Waals surface area contributed by atoms with E-state index in [9.17, 15) is 14.4 Å². The Morgan fingerprint density at radius 2 is 1.57 bits per heavy atom. The monoisotopic (exact) mass is 561 g/mol. The molecule has 4 rings (SSSR count). The molecule has 0 spiro atoms. The summed E-state index contributed by atoms with van der Waals surface area (Å²) in [5.41, 5.74) is 2.70. The van der Waals surface area contributed by atoms with Gasteiger partial charge in [-0.3, -0.25) is 9.59 Å². The van der Waals surface area contributed by atoms with Crippen LogP contribution < -0.4 is 9.47 Å². The van der Waals surface area contributed by atoms with Crippen molar-refractivity contribution in [3.8, 4) is 11.5 Å². The van der Waals surface area contributed by atoms with E-state index in [1.807, 2.05) is 32.0 Å². The smallest absolute Gasteiger partial charge is 0.415 e. The maximum atomic E-state index is 13.6. The van der Waals surface area contributed by atoms with Gasteiger partial charge < -0.3 is 14.4 Å². The molecule has 0 radical (unpaired) electrons. The number of rotatable bonds is 9. The fourth-order valence-electron chi connectivity index (χ4n) is 5.12. The first-order valence-corrected chi connectivity index (χ1v) is 13.9. The molecular weight excluding hydrogens is 526 g/mol. The highest BCUT2D eigenvalue weighted by molar-refractivity contribution is 6.30. The van der Waals surface area contributed by atoms with Gasteiger partial charge in [-0.15, -0.1) is 0 Å². The van der Waals surface area contributed by atoms with Crippen LogP contribution in [0.3, 0.4) is 0 Å². The standard InChI is InChI=1S/C33H36ClNO5/c1-21-17-24(18-22(2)31(21)40-33(4,5)23(3)36)11-12-26-19-35(32(38)39-28-9-7-6-8-10-28)20-29(26)30(37)25-13-15-27(34)16-14-25/h6-10,13-18,26,29H,11-12,19-20H2,1-5H3. The number of benzene rings is 3. The molecule has 0 aliphatic carbocycles. The first-order chi connectivity index (χ1) is 18.9. The third kappa shape index (κ3) is 6.92. The van der Waals surface area contributed by atoms with Crippen molar-refractivity contribution in [1.29, 1.82) is 0 Å². The van der Waals surface area contributed by atoms with E-state index in [-0.39, 0.29) is 23.4 Å². The zero-order chi connectivity index (χ0) is 29.0. The highest BCUT2D eigenvalue weighted by Gasteiger charge is 2.40. The Balaban J connectivity index is 1.51. The van der Waals surface area contributed by atoms with E-state index in [1.54, 1.807) is 55.1 Å². The second-order valence-corrected chi connectivity index (χ2v) is 11.5. The molecule has 7 heteroatoms. The zero-order valence-corrected chi connectivity index (χ0v) is 24.5. The Kier molecular flexibility index (Phi) is 8.99. The molecule has 1 amide bonds. The van der Waals surface area contributed by atoms with Crippen molar-refractivity contribution in [3.63, 3.8) is 0 Å². The Morgan fingerprint density at radius 3 is 2.17 bits per heavy atom. The summed E-state index contributed by atoms with van der Waals surface area (Å²) in [5, 5.41) is 0.567. The van der Waals surface area contributed by atoms with Crippen molar-refractivity contribution < 1.29 is 23.9 Å². The molecule has 1 saturated heterocycles. The number of ketones is 2. The quantitative estimate of drug-likeness (QED) is 0.257. The lowest BCUT2D eigenvalue weighted by molar-refractivity contribution is -0.129. The van der Waals surface area contributed by atoms with Gasteiger partial charge in [0.1, 0.15) is 11.5 Å². The molecule has 1 aliphatic heterocycles. The van der Waals surface area contributed by atoms with E-state index in [4.69, 9.17) is 21.1 Å². The average molecular weight is 562 g/mol. The van der Waals surface area contributed by atoms with Crippen molar-refractivity contribution in [2.45, 2.75) is 53.1 Å². The van der Waals surface area contributed by atoms with Crippen LogP contribution in [0.4, 0.5) is 4.79 Å². The largest absolute Gasteiger partial charge is 0.480 e. The van der Waals surface area contributed by atoms with Crippen molar-refractivity contribution in [2.24, 2.45) is 11.8 Å². The number of carbonyl (C=O) groups excluding carboxylic acids is 3. The maximum absolute atomic E-state index is 13.6. The molecule has 210 valence electrons. The number of hydrogen-bond acceptors (Lipinski definition) is 5. The molecule has 40 heavy (non-hydrogen) atoms. The normalized spacial score (nSPS) is 17.0. The topological polar surface area (TPSA) is 72.9 Å². The predicted molar refractivity (Wildman–Crippen MR) is 156 cm³/mol. The van der Waals surface area contributed by atoms with Gasteiger partial charge in [-0.1, -0.05) is 41.9 Å². The summed E-state index contributed by atoms with van der Waals surface area (Å²) in [4.78, 5) is 40.2. The van der Waals surface area contributed by atoms with Gasteiger partial charge in [0.2, 0.25) is 0 Å². The van der Waals surface area contributed by atoms with E-state index in [2.05, 4.69) is 12.1 Å². The minimum Gasteiger partial charge on any atom is -0.480 e. The third-order valence-corrected chi connectivity index (χ3v) is 7.89. The minimum atomic E-state index is -0.909. The Bertz CT molecular complexity index is 1360. The summed E-state index contributed by atoms with van der Waals surface area (Å²) in [6, 6.07) is 20.0. The fraction of sp³-hybridized carbons (Fsp3) is 0.364. The molecular formula is C33H36ClNO5. The predicted octanol–water partition coefficient (Wildman–Crippen LogP) is 7.27. The number of halogens is 1. The van der Waals surface area contributed by atoms with Gasteiger partial charge in [-0.05, 0) is 106 Å². The highest BCUT2D eigenvalue weighted by Crippen LogP contribution is 2.34. The molecule has 0 bridgehead atoms. The van der Waals surface area contributed by atoms with E-state index in [0.717, 1.165) is 35.3 Å². The first kappa shape index (κ1) is 29.3. The number of amides is 1. The molecule has 1 heterocycles. The summed E-state index contributed by atoms with van der Waals surface area (Å²) >= 11 is 6.05. The molecule has 0 N–H and O–H groups in total. The number of ether oxygens (including phenoxy) is 2. The molecule has 1 fully saturated rings. The SMILES string of the molecule is CC(=O)C(C)(C)Oc1c(C)cc(CCC2CN(C(=O)Oc3ccccc3)CC2C(=O)c2ccc(Cl)cc2)cc1C. The van der Waals surface area contributed by atoms with Gasteiger partial charge in [0, 0.05) is 29.6 Å². The molecule has 6 nitrogen and oxygen atoms in total. The zero-order valence-electron chi connectivity index (χ0n) is 23.7. The van der Waals surface area contributed by atoms with E-state index < -0.39 is 11.7 Å². The van der Waals surface area contributed by atoms with Crippen LogP contribution in [0.15, 0.2) is 66.7 Å². The second kappa shape index (κ2) is 12.3. The van der Waals surface area contributed by atoms with E-state index in [1.165, 1.54) is 6.92 Å². The lowest BCUT2D eigenvalue weighted by atomic mass is 9.84.